The number of hydrogen-bond acceptors (Lipinski definition) is 3. The summed E-state index contributed by atoms with van der Waals surface area (Å²) in [5.41, 5.74) is 8.05. The second kappa shape index (κ2) is 6.54. The molecule has 4 N–H and O–H groups in total. The first-order valence-corrected chi connectivity index (χ1v) is 9.51. The van der Waals surface area contributed by atoms with E-state index in [0.717, 1.165) is 5.92 Å². The summed E-state index contributed by atoms with van der Waals surface area (Å²) in [5.74, 6) is 0.750. The zero-order valence-electron chi connectivity index (χ0n) is 14.1. The molecule has 0 saturated heterocycles. The predicted octanol–water partition coefficient (Wildman–Crippen LogP) is 2.77. The summed E-state index contributed by atoms with van der Waals surface area (Å²) < 4.78 is 0. The number of nitrogens with one attached hydrogen (secondary N) is 2. The van der Waals surface area contributed by atoms with Crippen LogP contribution in [0.4, 0.5) is 0 Å². The zero-order chi connectivity index (χ0) is 15.7. The molecule has 0 bridgehead atoms. The van der Waals surface area contributed by atoms with E-state index < -0.39 is 0 Å². The van der Waals surface area contributed by atoms with Gasteiger partial charge in [-0.25, -0.2) is 0 Å². The van der Waals surface area contributed by atoms with Crippen LogP contribution in [0.15, 0.2) is 30.3 Å². The topological polar surface area (TPSA) is 50.1 Å². The quantitative estimate of drug-likeness (QED) is 0.725. The molecule has 3 aliphatic rings. The molecule has 1 unspecified atom stereocenters. The van der Waals surface area contributed by atoms with E-state index in [9.17, 15) is 0 Å². The summed E-state index contributed by atoms with van der Waals surface area (Å²) in [6.07, 6.45) is 9.03. The third-order valence-corrected chi connectivity index (χ3v) is 6.25. The van der Waals surface area contributed by atoms with Gasteiger partial charge in [0.25, 0.3) is 0 Å². The Balaban J connectivity index is 1.18. The Kier molecular flexibility index (Phi) is 4.44. The van der Waals surface area contributed by atoms with Crippen LogP contribution in [0.5, 0.6) is 0 Å². The van der Waals surface area contributed by atoms with Crippen LogP contribution in [0.2, 0.25) is 0 Å². The van der Waals surface area contributed by atoms with Crippen LogP contribution in [0.1, 0.15) is 56.4 Å². The number of benzene rings is 1. The molecule has 0 aliphatic heterocycles. The Bertz CT molecular complexity index is 503. The van der Waals surface area contributed by atoms with Gasteiger partial charge in [-0.05, 0) is 55.9 Å². The molecular weight excluding hydrogens is 282 g/mol. The van der Waals surface area contributed by atoms with E-state index in [1.165, 1.54) is 63.6 Å². The lowest BCUT2D eigenvalue weighted by Crippen LogP contribution is -2.42. The summed E-state index contributed by atoms with van der Waals surface area (Å²) >= 11 is 0. The van der Waals surface area contributed by atoms with Gasteiger partial charge in [-0.3, -0.25) is 0 Å². The smallest absolute Gasteiger partial charge is 0.0143 e. The van der Waals surface area contributed by atoms with Gasteiger partial charge in [0.05, 0.1) is 0 Å². The van der Waals surface area contributed by atoms with Gasteiger partial charge in [0, 0.05) is 37.1 Å². The van der Waals surface area contributed by atoms with Gasteiger partial charge < -0.3 is 16.4 Å². The molecule has 0 heterocycles. The molecule has 3 nitrogen and oxygen atoms in total. The van der Waals surface area contributed by atoms with Crippen molar-refractivity contribution >= 4 is 0 Å². The van der Waals surface area contributed by atoms with Crippen molar-refractivity contribution in [1.29, 1.82) is 0 Å². The Morgan fingerprint density at radius 2 is 1.65 bits per heavy atom. The summed E-state index contributed by atoms with van der Waals surface area (Å²) in [7, 11) is 0. The van der Waals surface area contributed by atoms with Gasteiger partial charge >= 0.3 is 0 Å². The van der Waals surface area contributed by atoms with Crippen LogP contribution in [-0.4, -0.2) is 31.2 Å². The molecular formula is C20H31N3. The summed E-state index contributed by atoms with van der Waals surface area (Å²) in [6.45, 7) is 2.39. The molecule has 3 aliphatic carbocycles. The Morgan fingerprint density at radius 1 is 0.957 bits per heavy atom. The lowest BCUT2D eigenvalue weighted by atomic mass is 9.91. The summed E-state index contributed by atoms with van der Waals surface area (Å²) in [4.78, 5) is 0. The first-order chi connectivity index (χ1) is 11.2. The van der Waals surface area contributed by atoms with Gasteiger partial charge in [-0.2, -0.15) is 0 Å². The number of hydrogen-bond donors (Lipinski definition) is 3. The van der Waals surface area contributed by atoms with Crippen molar-refractivity contribution in [3.63, 3.8) is 0 Å². The van der Waals surface area contributed by atoms with E-state index in [0.29, 0.717) is 23.5 Å². The molecule has 126 valence electrons. The molecule has 2 atom stereocenters. The minimum absolute atomic E-state index is 0.453. The van der Waals surface area contributed by atoms with E-state index in [1.54, 1.807) is 0 Å². The van der Waals surface area contributed by atoms with Gasteiger partial charge in [-0.1, -0.05) is 30.3 Å². The molecule has 23 heavy (non-hydrogen) atoms. The van der Waals surface area contributed by atoms with Crippen molar-refractivity contribution in [2.45, 2.75) is 69.0 Å². The Labute approximate surface area is 140 Å². The predicted molar refractivity (Wildman–Crippen MR) is 95.5 cm³/mol. The van der Waals surface area contributed by atoms with Crippen LogP contribution in [0.25, 0.3) is 0 Å². The first kappa shape index (κ1) is 15.6. The fourth-order valence-electron chi connectivity index (χ4n) is 4.11. The van der Waals surface area contributed by atoms with Crippen molar-refractivity contribution in [2.75, 3.05) is 13.1 Å². The fraction of sp³-hybridized carbons (Fsp3) is 0.700. The van der Waals surface area contributed by atoms with Gasteiger partial charge in [-0.15, -0.1) is 0 Å². The van der Waals surface area contributed by atoms with E-state index in [1.807, 2.05) is 0 Å². The average Bonchev–Trinajstić information content (AvgIpc) is 3.49. The van der Waals surface area contributed by atoms with Crippen molar-refractivity contribution in [1.82, 2.24) is 10.6 Å². The molecule has 1 aromatic carbocycles. The maximum Gasteiger partial charge on any atom is 0.0143 e. The van der Waals surface area contributed by atoms with Gasteiger partial charge in [0.2, 0.25) is 0 Å². The molecule has 0 radical (unpaired) electrons. The Hall–Kier alpha value is -0.900. The highest BCUT2D eigenvalue weighted by Gasteiger charge is 2.45. The molecule has 3 fully saturated rings. The van der Waals surface area contributed by atoms with E-state index in [2.05, 4.69) is 41.0 Å². The van der Waals surface area contributed by atoms with Crippen molar-refractivity contribution in [3.8, 4) is 0 Å². The van der Waals surface area contributed by atoms with Crippen molar-refractivity contribution in [3.05, 3.63) is 35.9 Å². The number of rotatable bonds is 7. The highest BCUT2D eigenvalue weighted by molar-refractivity contribution is 5.27. The molecule has 0 spiro atoms. The maximum absolute atomic E-state index is 6.00. The number of nitrogens with two attached hydrogens (primary N) is 1. The van der Waals surface area contributed by atoms with Crippen LogP contribution in [0.3, 0.4) is 0 Å². The second-order valence-electron chi connectivity index (χ2n) is 8.23. The lowest BCUT2D eigenvalue weighted by Gasteiger charge is -2.29. The van der Waals surface area contributed by atoms with Gasteiger partial charge in [0.15, 0.2) is 0 Å². The average molecular weight is 313 g/mol. The largest absolute Gasteiger partial charge is 0.328 e. The summed E-state index contributed by atoms with van der Waals surface area (Å²) in [6, 6.07) is 12.8. The third-order valence-electron chi connectivity index (χ3n) is 6.25. The minimum Gasteiger partial charge on any atom is -0.328 e. The van der Waals surface area contributed by atoms with Crippen LogP contribution in [0, 0.1) is 5.41 Å². The molecule has 3 heteroatoms. The molecule has 3 saturated carbocycles. The SMILES string of the molecule is NC1CCC(NCC2(CN[C@H]3CC3c3ccccc3)CC2)CC1. The molecule has 0 aromatic heterocycles. The maximum atomic E-state index is 6.00. The second-order valence-corrected chi connectivity index (χ2v) is 8.23. The molecule has 4 rings (SSSR count). The highest BCUT2D eigenvalue weighted by atomic mass is 15.0. The first-order valence-electron chi connectivity index (χ1n) is 9.51. The summed E-state index contributed by atoms with van der Waals surface area (Å²) in [5, 5.41) is 7.68. The fourth-order valence-corrected chi connectivity index (χ4v) is 4.11. The highest BCUT2D eigenvalue weighted by Crippen LogP contribution is 2.47. The van der Waals surface area contributed by atoms with Crippen LogP contribution in [-0.2, 0) is 0 Å². The van der Waals surface area contributed by atoms with E-state index >= 15 is 0 Å². The molecule has 0 amide bonds. The van der Waals surface area contributed by atoms with E-state index in [-0.39, 0.29) is 0 Å². The zero-order valence-corrected chi connectivity index (χ0v) is 14.1. The van der Waals surface area contributed by atoms with E-state index in [4.69, 9.17) is 5.73 Å². The van der Waals surface area contributed by atoms with Crippen LogP contribution >= 0.6 is 0 Å². The third kappa shape index (κ3) is 3.96. The minimum atomic E-state index is 0.453. The monoisotopic (exact) mass is 313 g/mol. The Morgan fingerprint density at radius 3 is 2.35 bits per heavy atom. The van der Waals surface area contributed by atoms with Crippen molar-refractivity contribution in [2.24, 2.45) is 11.1 Å². The van der Waals surface area contributed by atoms with Crippen molar-refractivity contribution < 1.29 is 0 Å². The standard InChI is InChI=1S/C20H31N3/c21-16-6-8-17(9-7-16)22-13-20(10-11-20)14-23-19-12-18(19)15-4-2-1-3-5-15/h1-5,16-19,22-23H,6-14,21H2/t16?,17?,18?,19-/m0/s1. The van der Waals surface area contributed by atoms with Crippen LogP contribution < -0.4 is 16.4 Å². The lowest BCUT2D eigenvalue weighted by molar-refractivity contribution is 0.312. The van der Waals surface area contributed by atoms with Gasteiger partial charge in [0.1, 0.15) is 0 Å². The normalized spacial score (nSPS) is 35.0. The molecule has 1 aromatic rings.